The number of urea groups is 1. The van der Waals surface area contributed by atoms with Crippen molar-refractivity contribution >= 4 is 23.3 Å². The Balaban J connectivity index is 1.62. The van der Waals surface area contributed by atoms with Gasteiger partial charge in [0.1, 0.15) is 0 Å². The maximum absolute atomic E-state index is 12.6. The van der Waals surface area contributed by atoms with Crippen LogP contribution in [0.5, 0.6) is 0 Å². The SMILES string of the molecule is Cc1c(C(=O)Nc2ccc(NC(=O)NC(C)C)cc2)nnn1C1CCNCC1. The summed E-state index contributed by atoms with van der Waals surface area (Å²) in [6.45, 7) is 7.54. The highest BCUT2D eigenvalue weighted by Crippen LogP contribution is 2.21. The van der Waals surface area contributed by atoms with Crippen molar-refractivity contribution in [3.63, 3.8) is 0 Å². The molecule has 2 aromatic rings. The summed E-state index contributed by atoms with van der Waals surface area (Å²) in [5.74, 6) is -0.295. The van der Waals surface area contributed by atoms with Crippen molar-refractivity contribution in [3.8, 4) is 0 Å². The van der Waals surface area contributed by atoms with Crippen LogP contribution >= 0.6 is 0 Å². The predicted octanol–water partition coefficient (Wildman–Crippen LogP) is 2.29. The minimum Gasteiger partial charge on any atom is -0.336 e. The Morgan fingerprint density at radius 1 is 1.11 bits per heavy atom. The Morgan fingerprint density at radius 2 is 1.71 bits per heavy atom. The first-order chi connectivity index (χ1) is 13.4. The van der Waals surface area contributed by atoms with Crippen LogP contribution in [0.1, 0.15) is 48.9 Å². The Morgan fingerprint density at radius 3 is 2.32 bits per heavy atom. The van der Waals surface area contributed by atoms with Gasteiger partial charge in [0.25, 0.3) is 5.91 Å². The largest absolute Gasteiger partial charge is 0.336 e. The molecule has 9 heteroatoms. The number of amides is 3. The molecule has 3 amide bonds. The van der Waals surface area contributed by atoms with Crippen LogP contribution in [0.4, 0.5) is 16.2 Å². The number of carbonyl (C=O) groups is 2. The molecule has 3 rings (SSSR count). The van der Waals surface area contributed by atoms with Crippen molar-refractivity contribution in [2.24, 2.45) is 0 Å². The molecule has 4 N–H and O–H groups in total. The number of anilines is 2. The van der Waals surface area contributed by atoms with Crippen LogP contribution in [-0.4, -0.2) is 46.1 Å². The maximum atomic E-state index is 12.6. The van der Waals surface area contributed by atoms with Gasteiger partial charge in [0.15, 0.2) is 5.69 Å². The fraction of sp³-hybridized carbons (Fsp3) is 0.474. The number of nitrogens with one attached hydrogen (secondary N) is 4. The van der Waals surface area contributed by atoms with E-state index in [9.17, 15) is 9.59 Å². The molecule has 1 saturated heterocycles. The van der Waals surface area contributed by atoms with Gasteiger partial charge in [-0.3, -0.25) is 4.79 Å². The molecule has 0 saturated carbocycles. The topological polar surface area (TPSA) is 113 Å². The number of rotatable bonds is 5. The molecule has 1 aromatic carbocycles. The zero-order chi connectivity index (χ0) is 20.1. The highest BCUT2D eigenvalue weighted by molar-refractivity contribution is 6.03. The lowest BCUT2D eigenvalue weighted by Crippen LogP contribution is -2.34. The van der Waals surface area contributed by atoms with Crippen molar-refractivity contribution in [1.82, 2.24) is 25.6 Å². The summed E-state index contributed by atoms with van der Waals surface area (Å²) in [5.41, 5.74) is 2.37. The van der Waals surface area contributed by atoms with Crippen LogP contribution in [-0.2, 0) is 0 Å². The third-order valence-corrected chi connectivity index (χ3v) is 4.62. The number of carbonyl (C=O) groups excluding carboxylic acids is 2. The second-order valence-corrected chi connectivity index (χ2v) is 7.23. The van der Waals surface area contributed by atoms with Crippen molar-refractivity contribution in [2.45, 2.75) is 45.7 Å². The highest BCUT2D eigenvalue weighted by atomic mass is 16.2. The minimum atomic E-state index is -0.295. The third kappa shape index (κ3) is 4.86. The molecule has 9 nitrogen and oxygen atoms in total. The van der Waals surface area contributed by atoms with Gasteiger partial charge in [-0.25, -0.2) is 9.48 Å². The fourth-order valence-electron chi connectivity index (χ4n) is 3.21. The lowest BCUT2D eigenvalue weighted by molar-refractivity contribution is 0.102. The summed E-state index contributed by atoms with van der Waals surface area (Å²) in [7, 11) is 0. The van der Waals surface area contributed by atoms with Gasteiger partial charge in [-0.1, -0.05) is 5.21 Å². The molecular formula is C19H27N7O2. The normalized spacial score (nSPS) is 14.7. The van der Waals surface area contributed by atoms with Crippen molar-refractivity contribution in [2.75, 3.05) is 23.7 Å². The monoisotopic (exact) mass is 385 g/mol. The molecule has 28 heavy (non-hydrogen) atoms. The first-order valence-electron chi connectivity index (χ1n) is 9.55. The van der Waals surface area contributed by atoms with E-state index in [2.05, 4.69) is 31.6 Å². The van der Waals surface area contributed by atoms with Gasteiger partial charge >= 0.3 is 6.03 Å². The first kappa shape index (κ1) is 19.8. The average Bonchev–Trinajstić information content (AvgIpc) is 3.05. The fourth-order valence-corrected chi connectivity index (χ4v) is 3.21. The van der Waals surface area contributed by atoms with Gasteiger partial charge in [-0.2, -0.15) is 0 Å². The highest BCUT2D eigenvalue weighted by Gasteiger charge is 2.23. The minimum absolute atomic E-state index is 0.0556. The van der Waals surface area contributed by atoms with Crippen LogP contribution in [0.2, 0.25) is 0 Å². The van der Waals surface area contributed by atoms with Crippen LogP contribution in [0.15, 0.2) is 24.3 Å². The molecule has 0 spiro atoms. The lowest BCUT2D eigenvalue weighted by atomic mass is 10.1. The number of aromatic nitrogens is 3. The standard InChI is InChI=1S/C19H27N7O2/c1-12(2)21-19(28)23-15-6-4-14(5-7-15)22-18(27)17-13(3)26(25-24-17)16-8-10-20-11-9-16/h4-7,12,16,20H,8-11H2,1-3H3,(H,22,27)(H2,21,23,28). The molecule has 0 bridgehead atoms. The molecule has 2 heterocycles. The van der Waals surface area contributed by atoms with Crippen LogP contribution < -0.4 is 21.3 Å². The van der Waals surface area contributed by atoms with Gasteiger partial charge in [0, 0.05) is 17.4 Å². The van der Waals surface area contributed by atoms with Crippen molar-refractivity contribution < 1.29 is 9.59 Å². The lowest BCUT2D eigenvalue weighted by Gasteiger charge is -2.23. The first-order valence-corrected chi connectivity index (χ1v) is 9.55. The van der Waals surface area contributed by atoms with E-state index in [4.69, 9.17) is 0 Å². The number of hydrogen-bond donors (Lipinski definition) is 4. The number of hydrogen-bond acceptors (Lipinski definition) is 5. The third-order valence-electron chi connectivity index (χ3n) is 4.62. The summed E-state index contributed by atoms with van der Waals surface area (Å²) >= 11 is 0. The van der Waals surface area contributed by atoms with Crippen LogP contribution in [0.3, 0.4) is 0 Å². The summed E-state index contributed by atoms with van der Waals surface area (Å²) in [4.78, 5) is 24.3. The Labute approximate surface area is 164 Å². The molecule has 150 valence electrons. The van der Waals surface area contributed by atoms with E-state index in [0.717, 1.165) is 31.6 Å². The summed E-state index contributed by atoms with van der Waals surface area (Å²) in [5, 5.41) is 19.9. The van der Waals surface area contributed by atoms with Gasteiger partial charge in [-0.15, -0.1) is 5.10 Å². The predicted molar refractivity (Wildman–Crippen MR) is 108 cm³/mol. The molecular weight excluding hydrogens is 358 g/mol. The van der Waals surface area contributed by atoms with Crippen LogP contribution in [0.25, 0.3) is 0 Å². The maximum Gasteiger partial charge on any atom is 0.319 e. The Hall–Kier alpha value is -2.94. The average molecular weight is 385 g/mol. The molecule has 1 aromatic heterocycles. The smallest absolute Gasteiger partial charge is 0.319 e. The van der Waals surface area contributed by atoms with Gasteiger partial charge in [0.05, 0.1) is 11.7 Å². The van der Waals surface area contributed by atoms with Gasteiger partial charge in [0.2, 0.25) is 0 Å². The Kier molecular flexibility index (Phi) is 6.25. The second-order valence-electron chi connectivity index (χ2n) is 7.23. The van der Waals surface area contributed by atoms with Crippen molar-refractivity contribution in [1.29, 1.82) is 0 Å². The Bertz CT molecular complexity index is 823. The number of benzene rings is 1. The van der Waals surface area contributed by atoms with Gasteiger partial charge < -0.3 is 21.3 Å². The zero-order valence-electron chi connectivity index (χ0n) is 16.5. The second kappa shape index (κ2) is 8.83. The van der Waals surface area contributed by atoms with E-state index < -0.39 is 0 Å². The van der Waals surface area contributed by atoms with E-state index in [0.29, 0.717) is 17.1 Å². The molecule has 1 aliphatic rings. The molecule has 0 aliphatic carbocycles. The summed E-state index contributed by atoms with van der Waals surface area (Å²) in [6, 6.07) is 6.99. The molecule has 1 aliphatic heterocycles. The molecule has 0 unspecified atom stereocenters. The van der Waals surface area contributed by atoms with Crippen molar-refractivity contribution in [3.05, 3.63) is 35.7 Å². The zero-order valence-corrected chi connectivity index (χ0v) is 16.5. The van der Waals surface area contributed by atoms with E-state index in [1.54, 1.807) is 24.3 Å². The summed E-state index contributed by atoms with van der Waals surface area (Å²) in [6.07, 6.45) is 1.95. The number of piperidine rings is 1. The quantitative estimate of drug-likeness (QED) is 0.631. The van der Waals surface area contributed by atoms with E-state index in [-0.39, 0.29) is 24.0 Å². The molecule has 0 atom stereocenters. The van der Waals surface area contributed by atoms with Gasteiger partial charge in [-0.05, 0) is 71.0 Å². The summed E-state index contributed by atoms with van der Waals surface area (Å²) < 4.78 is 1.86. The molecule has 1 fully saturated rings. The number of nitrogens with zero attached hydrogens (tertiary/aromatic N) is 3. The molecule has 0 radical (unpaired) electrons. The van der Waals surface area contributed by atoms with E-state index in [1.807, 2.05) is 25.5 Å². The van der Waals surface area contributed by atoms with E-state index >= 15 is 0 Å². The van der Waals surface area contributed by atoms with Crippen LogP contribution in [0, 0.1) is 6.92 Å². The van der Waals surface area contributed by atoms with E-state index in [1.165, 1.54) is 0 Å².